The number of benzene rings is 1. The molecule has 0 fully saturated rings. The van der Waals surface area contributed by atoms with Gasteiger partial charge in [-0.3, -0.25) is 0 Å². The molecule has 1 aromatic rings. The van der Waals surface area contributed by atoms with E-state index in [0.29, 0.717) is 12.5 Å². The minimum atomic E-state index is -1.23. The Morgan fingerprint density at radius 2 is 2.06 bits per heavy atom. The number of carbonyl (C=O) groups is 1. The molecule has 2 N–H and O–H groups in total. The summed E-state index contributed by atoms with van der Waals surface area (Å²) in [6, 6.07) is 4.24. The van der Waals surface area contributed by atoms with Crippen molar-refractivity contribution in [3.8, 4) is 0 Å². The second-order valence-electron chi connectivity index (χ2n) is 4.43. The largest absolute Gasteiger partial charge is 0.478 e. The van der Waals surface area contributed by atoms with Gasteiger partial charge in [-0.15, -0.1) is 0 Å². The highest BCUT2D eigenvalue weighted by atomic mass is 19.1. The maximum absolute atomic E-state index is 13.4. The molecule has 0 bridgehead atoms. The van der Waals surface area contributed by atoms with Gasteiger partial charge in [0.2, 0.25) is 0 Å². The standard InChI is InChI=1S/C14H20FNO2/c1-3-10(4-2)8-16-9-11-5-6-12(14(17)18)13(15)7-11/h5-7,10,16H,3-4,8-9H2,1-2H3,(H,17,18). The van der Waals surface area contributed by atoms with E-state index in [1.165, 1.54) is 12.1 Å². The van der Waals surface area contributed by atoms with E-state index in [1.54, 1.807) is 6.07 Å². The van der Waals surface area contributed by atoms with Crippen molar-refractivity contribution in [2.45, 2.75) is 33.2 Å². The van der Waals surface area contributed by atoms with Crippen molar-refractivity contribution in [2.75, 3.05) is 6.54 Å². The molecule has 4 heteroatoms. The fourth-order valence-corrected chi connectivity index (χ4v) is 1.84. The molecule has 0 aromatic heterocycles. The molecule has 0 saturated heterocycles. The molecular formula is C14H20FNO2. The summed E-state index contributed by atoms with van der Waals surface area (Å²) in [6.07, 6.45) is 2.24. The maximum atomic E-state index is 13.4. The highest BCUT2D eigenvalue weighted by molar-refractivity contribution is 5.87. The molecular weight excluding hydrogens is 233 g/mol. The Kier molecular flexibility index (Phi) is 5.78. The zero-order valence-corrected chi connectivity index (χ0v) is 10.9. The first-order chi connectivity index (χ1) is 8.58. The SMILES string of the molecule is CCC(CC)CNCc1ccc(C(=O)O)c(F)c1. The van der Waals surface area contributed by atoms with Crippen LogP contribution in [-0.2, 0) is 6.54 Å². The molecule has 100 valence electrons. The number of carboxylic acids is 1. The second kappa shape index (κ2) is 7.11. The highest BCUT2D eigenvalue weighted by Crippen LogP contribution is 2.11. The predicted octanol–water partition coefficient (Wildman–Crippen LogP) is 3.05. The summed E-state index contributed by atoms with van der Waals surface area (Å²) in [7, 11) is 0. The van der Waals surface area contributed by atoms with E-state index < -0.39 is 11.8 Å². The van der Waals surface area contributed by atoms with Crippen molar-refractivity contribution >= 4 is 5.97 Å². The van der Waals surface area contributed by atoms with Gasteiger partial charge in [0.25, 0.3) is 0 Å². The molecule has 0 amide bonds. The number of hydrogen-bond acceptors (Lipinski definition) is 2. The van der Waals surface area contributed by atoms with Crippen molar-refractivity contribution < 1.29 is 14.3 Å². The van der Waals surface area contributed by atoms with Crippen LogP contribution >= 0.6 is 0 Å². The molecule has 1 rings (SSSR count). The Labute approximate surface area is 107 Å². The Morgan fingerprint density at radius 1 is 1.39 bits per heavy atom. The van der Waals surface area contributed by atoms with E-state index >= 15 is 0 Å². The lowest BCUT2D eigenvalue weighted by Gasteiger charge is -2.13. The summed E-state index contributed by atoms with van der Waals surface area (Å²) in [4.78, 5) is 10.7. The van der Waals surface area contributed by atoms with Gasteiger partial charge in [0.05, 0.1) is 5.56 Å². The van der Waals surface area contributed by atoms with Crippen molar-refractivity contribution in [3.63, 3.8) is 0 Å². The van der Waals surface area contributed by atoms with Gasteiger partial charge in [-0.2, -0.15) is 0 Å². The number of rotatable bonds is 7. The Morgan fingerprint density at radius 3 is 2.56 bits per heavy atom. The lowest BCUT2D eigenvalue weighted by Crippen LogP contribution is -2.21. The summed E-state index contributed by atoms with van der Waals surface area (Å²) in [5, 5.41) is 12.0. The molecule has 0 atom stereocenters. The van der Waals surface area contributed by atoms with Crippen LogP contribution in [0.1, 0.15) is 42.6 Å². The van der Waals surface area contributed by atoms with Gasteiger partial charge in [0.1, 0.15) is 5.82 Å². The van der Waals surface area contributed by atoms with Crippen LogP contribution in [0.25, 0.3) is 0 Å². The molecule has 3 nitrogen and oxygen atoms in total. The minimum absolute atomic E-state index is 0.279. The van der Waals surface area contributed by atoms with E-state index in [9.17, 15) is 9.18 Å². The van der Waals surface area contributed by atoms with Crippen LogP contribution in [0.2, 0.25) is 0 Å². The number of hydrogen-bond donors (Lipinski definition) is 2. The predicted molar refractivity (Wildman–Crippen MR) is 69.1 cm³/mol. The van der Waals surface area contributed by atoms with Gasteiger partial charge in [-0.05, 0) is 30.2 Å². The molecule has 0 aliphatic rings. The monoisotopic (exact) mass is 253 g/mol. The lowest BCUT2D eigenvalue weighted by atomic mass is 10.0. The van der Waals surface area contributed by atoms with Crippen LogP contribution in [0.15, 0.2) is 18.2 Å². The van der Waals surface area contributed by atoms with E-state index in [1.807, 2.05) is 0 Å². The first kappa shape index (κ1) is 14.6. The third-order valence-corrected chi connectivity index (χ3v) is 3.18. The van der Waals surface area contributed by atoms with Crippen LogP contribution in [0.5, 0.6) is 0 Å². The molecule has 0 spiro atoms. The van der Waals surface area contributed by atoms with E-state index in [4.69, 9.17) is 5.11 Å². The first-order valence-corrected chi connectivity index (χ1v) is 6.30. The average molecular weight is 253 g/mol. The second-order valence-corrected chi connectivity index (χ2v) is 4.43. The van der Waals surface area contributed by atoms with E-state index in [2.05, 4.69) is 19.2 Å². The fraction of sp³-hybridized carbons (Fsp3) is 0.500. The van der Waals surface area contributed by atoms with Crippen LogP contribution in [0.4, 0.5) is 4.39 Å². The normalized spacial score (nSPS) is 10.9. The smallest absolute Gasteiger partial charge is 0.338 e. The molecule has 1 aromatic carbocycles. The van der Waals surface area contributed by atoms with Crippen molar-refractivity contribution in [1.29, 1.82) is 0 Å². The molecule has 0 aliphatic carbocycles. The van der Waals surface area contributed by atoms with Gasteiger partial charge < -0.3 is 10.4 Å². The number of nitrogens with one attached hydrogen (secondary N) is 1. The van der Waals surface area contributed by atoms with Gasteiger partial charge in [-0.25, -0.2) is 9.18 Å². The summed E-state index contributed by atoms with van der Waals surface area (Å²) in [6.45, 7) is 5.76. The Hall–Kier alpha value is -1.42. The number of halogens is 1. The van der Waals surface area contributed by atoms with Gasteiger partial charge in [0, 0.05) is 6.54 Å². The Bertz CT molecular complexity index is 403. The first-order valence-electron chi connectivity index (χ1n) is 6.30. The summed E-state index contributed by atoms with van der Waals surface area (Å²) in [5.41, 5.74) is 0.488. The van der Waals surface area contributed by atoms with Gasteiger partial charge >= 0.3 is 5.97 Å². The molecule has 0 saturated carbocycles. The molecule has 0 radical (unpaired) electrons. The summed E-state index contributed by atoms with van der Waals surface area (Å²) >= 11 is 0. The fourth-order valence-electron chi connectivity index (χ4n) is 1.84. The van der Waals surface area contributed by atoms with Crippen LogP contribution in [-0.4, -0.2) is 17.6 Å². The summed E-state index contributed by atoms with van der Waals surface area (Å²) in [5.74, 6) is -1.28. The van der Waals surface area contributed by atoms with E-state index in [-0.39, 0.29) is 5.56 Å². The average Bonchev–Trinajstić information content (AvgIpc) is 2.34. The highest BCUT2D eigenvalue weighted by Gasteiger charge is 2.10. The van der Waals surface area contributed by atoms with E-state index in [0.717, 1.165) is 24.9 Å². The summed E-state index contributed by atoms with van der Waals surface area (Å²) < 4.78 is 13.4. The number of carboxylic acid groups (broad SMARTS) is 1. The zero-order chi connectivity index (χ0) is 13.5. The third kappa shape index (κ3) is 4.11. The topological polar surface area (TPSA) is 49.3 Å². The van der Waals surface area contributed by atoms with Crippen LogP contribution in [0, 0.1) is 11.7 Å². The maximum Gasteiger partial charge on any atom is 0.338 e. The molecule has 0 heterocycles. The van der Waals surface area contributed by atoms with Gasteiger partial charge in [0.15, 0.2) is 0 Å². The van der Waals surface area contributed by atoms with Crippen molar-refractivity contribution in [2.24, 2.45) is 5.92 Å². The van der Waals surface area contributed by atoms with Crippen LogP contribution < -0.4 is 5.32 Å². The third-order valence-electron chi connectivity index (χ3n) is 3.18. The quantitative estimate of drug-likeness (QED) is 0.785. The lowest BCUT2D eigenvalue weighted by molar-refractivity contribution is 0.0692. The van der Waals surface area contributed by atoms with Crippen molar-refractivity contribution in [3.05, 3.63) is 35.1 Å². The number of aromatic carboxylic acids is 1. The van der Waals surface area contributed by atoms with Gasteiger partial charge in [-0.1, -0.05) is 32.8 Å². The van der Waals surface area contributed by atoms with Crippen LogP contribution in [0.3, 0.4) is 0 Å². The minimum Gasteiger partial charge on any atom is -0.478 e. The Balaban J connectivity index is 2.53. The zero-order valence-electron chi connectivity index (χ0n) is 10.9. The molecule has 0 unspecified atom stereocenters. The molecule has 18 heavy (non-hydrogen) atoms. The van der Waals surface area contributed by atoms with Crippen molar-refractivity contribution in [1.82, 2.24) is 5.32 Å². The molecule has 0 aliphatic heterocycles.